The van der Waals surface area contributed by atoms with Crippen molar-refractivity contribution in [1.29, 1.82) is 0 Å². The van der Waals surface area contributed by atoms with E-state index in [0.29, 0.717) is 18.6 Å². The first kappa shape index (κ1) is 11.0. The predicted molar refractivity (Wildman–Crippen MR) is 55.7 cm³/mol. The third kappa shape index (κ3) is 2.96. The van der Waals surface area contributed by atoms with Gasteiger partial charge in [-0.25, -0.2) is 0 Å². The van der Waals surface area contributed by atoms with Crippen molar-refractivity contribution < 1.29 is 5.11 Å². The standard InChI is InChI=1S/C11H23NO/c1-9(8-13)11(12-2)10-6-4-3-5-7-10/h9-13H,3-8H2,1-2H3/t9-,11-/m0/s1. The van der Waals surface area contributed by atoms with Crippen LogP contribution in [0, 0.1) is 11.8 Å². The first-order valence-corrected chi connectivity index (χ1v) is 5.57. The molecule has 1 aliphatic carbocycles. The lowest BCUT2D eigenvalue weighted by atomic mass is 9.79. The van der Waals surface area contributed by atoms with Crippen LogP contribution in [-0.4, -0.2) is 24.8 Å². The molecule has 0 amide bonds. The van der Waals surface area contributed by atoms with E-state index in [9.17, 15) is 0 Å². The van der Waals surface area contributed by atoms with Gasteiger partial charge in [-0.3, -0.25) is 0 Å². The quantitative estimate of drug-likeness (QED) is 0.700. The zero-order valence-corrected chi connectivity index (χ0v) is 8.92. The second-order valence-corrected chi connectivity index (χ2v) is 4.37. The zero-order chi connectivity index (χ0) is 9.68. The molecule has 2 atom stereocenters. The summed E-state index contributed by atoms with van der Waals surface area (Å²) >= 11 is 0. The smallest absolute Gasteiger partial charge is 0.0471 e. The molecule has 2 nitrogen and oxygen atoms in total. The lowest BCUT2D eigenvalue weighted by Crippen LogP contribution is -2.41. The van der Waals surface area contributed by atoms with E-state index in [0.717, 1.165) is 5.92 Å². The van der Waals surface area contributed by atoms with E-state index in [1.165, 1.54) is 32.1 Å². The first-order chi connectivity index (χ1) is 6.29. The number of nitrogens with one attached hydrogen (secondary N) is 1. The van der Waals surface area contributed by atoms with Crippen LogP contribution in [0.25, 0.3) is 0 Å². The molecule has 2 N–H and O–H groups in total. The number of hydrogen-bond donors (Lipinski definition) is 2. The van der Waals surface area contributed by atoms with Gasteiger partial charge in [-0.2, -0.15) is 0 Å². The minimum atomic E-state index is 0.308. The number of aliphatic hydroxyl groups is 1. The highest BCUT2D eigenvalue weighted by atomic mass is 16.3. The van der Waals surface area contributed by atoms with Gasteiger partial charge in [-0.1, -0.05) is 26.2 Å². The van der Waals surface area contributed by atoms with Crippen LogP contribution in [0.4, 0.5) is 0 Å². The van der Waals surface area contributed by atoms with Gasteiger partial charge in [0, 0.05) is 12.6 Å². The van der Waals surface area contributed by atoms with Crippen molar-refractivity contribution in [3.63, 3.8) is 0 Å². The summed E-state index contributed by atoms with van der Waals surface area (Å²) in [6.45, 7) is 2.44. The molecular formula is C11H23NO. The molecule has 0 aromatic heterocycles. The molecule has 78 valence electrons. The molecular weight excluding hydrogens is 162 g/mol. The van der Waals surface area contributed by atoms with Gasteiger partial charge >= 0.3 is 0 Å². The maximum atomic E-state index is 9.13. The van der Waals surface area contributed by atoms with Gasteiger partial charge in [-0.15, -0.1) is 0 Å². The summed E-state index contributed by atoms with van der Waals surface area (Å²) in [4.78, 5) is 0. The second-order valence-electron chi connectivity index (χ2n) is 4.37. The predicted octanol–water partition coefficient (Wildman–Crippen LogP) is 1.78. The van der Waals surface area contributed by atoms with Crippen LogP contribution in [-0.2, 0) is 0 Å². The Morgan fingerprint density at radius 1 is 1.31 bits per heavy atom. The Bertz CT molecular complexity index is 132. The highest BCUT2D eigenvalue weighted by Crippen LogP contribution is 2.29. The number of rotatable bonds is 4. The molecule has 0 aromatic carbocycles. The van der Waals surface area contributed by atoms with E-state index in [1.54, 1.807) is 0 Å². The molecule has 0 heterocycles. The Morgan fingerprint density at radius 3 is 2.38 bits per heavy atom. The molecule has 1 saturated carbocycles. The Hall–Kier alpha value is -0.0800. The highest BCUT2D eigenvalue weighted by Gasteiger charge is 2.26. The van der Waals surface area contributed by atoms with Crippen LogP contribution >= 0.6 is 0 Å². The molecule has 0 aromatic rings. The molecule has 0 bridgehead atoms. The Kier molecular flexibility index (Phi) is 4.74. The third-order valence-corrected chi connectivity index (χ3v) is 3.39. The summed E-state index contributed by atoms with van der Waals surface area (Å²) < 4.78 is 0. The van der Waals surface area contributed by atoms with Gasteiger partial charge in [0.05, 0.1) is 0 Å². The largest absolute Gasteiger partial charge is 0.396 e. The SMILES string of the molecule is CN[C@H](C1CCCCC1)[C@@H](C)CO. The lowest BCUT2D eigenvalue weighted by Gasteiger charge is -2.33. The van der Waals surface area contributed by atoms with Gasteiger partial charge in [0.2, 0.25) is 0 Å². The van der Waals surface area contributed by atoms with E-state index >= 15 is 0 Å². The third-order valence-electron chi connectivity index (χ3n) is 3.39. The summed E-state index contributed by atoms with van der Waals surface area (Å²) in [5.74, 6) is 1.19. The van der Waals surface area contributed by atoms with Crippen molar-refractivity contribution in [3.05, 3.63) is 0 Å². The Balaban J connectivity index is 2.43. The van der Waals surface area contributed by atoms with Gasteiger partial charge < -0.3 is 10.4 Å². The topological polar surface area (TPSA) is 32.3 Å². The normalized spacial score (nSPS) is 24.2. The van der Waals surface area contributed by atoms with E-state index < -0.39 is 0 Å². The van der Waals surface area contributed by atoms with E-state index in [1.807, 2.05) is 7.05 Å². The van der Waals surface area contributed by atoms with Crippen LogP contribution in [0.1, 0.15) is 39.0 Å². The maximum absolute atomic E-state index is 9.13. The average Bonchev–Trinajstić information content (AvgIpc) is 2.20. The average molecular weight is 185 g/mol. The molecule has 1 rings (SSSR count). The van der Waals surface area contributed by atoms with Crippen LogP contribution in [0.5, 0.6) is 0 Å². The van der Waals surface area contributed by atoms with Crippen molar-refractivity contribution in [2.24, 2.45) is 11.8 Å². The van der Waals surface area contributed by atoms with Crippen molar-refractivity contribution >= 4 is 0 Å². The fourth-order valence-corrected chi connectivity index (χ4v) is 2.59. The van der Waals surface area contributed by atoms with Crippen molar-refractivity contribution in [1.82, 2.24) is 5.32 Å². The number of aliphatic hydroxyl groups excluding tert-OH is 1. The summed E-state index contributed by atoms with van der Waals surface area (Å²) in [6, 6.07) is 0.519. The number of hydrogen-bond acceptors (Lipinski definition) is 2. The van der Waals surface area contributed by atoms with E-state index in [4.69, 9.17) is 5.11 Å². The molecule has 0 saturated heterocycles. The fourth-order valence-electron chi connectivity index (χ4n) is 2.59. The molecule has 1 fully saturated rings. The fraction of sp³-hybridized carbons (Fsp3) is 1.00. The summed E-state index contributed by atoms with van der Waals surface area (Å²) in [5.41, 5.74) is 0. The van der Waals surface area contributed by atoms with Crippen LogP contribution in [0.15, 0.2) is 0 Å². The molecule has 0 radical (unpaired) electrons. The summed E-state index contributed by atoms with van der Waals surface area (Å²) in [5, 5.41) is 12.5. The van der Waals surface area contributed by atoms with Crippen LogP contribution in [0.3, 0.4) is 0 Å². The van der Waals surface area contributed by atoms with Gasteiger partial charge in [0.25, 0.3) is 0 Å². The molecule has 2 heteroatoms. The molecule has 0 spiro atoms. The Morgan fingerprint density at radius 2 is 1.92 bits per heavy atom. The summed E-state index contributed by atoms with van der Waals surface area (Å²) in [7, 11) is 2.02. The molecule has 13 heavy (non-hydrogen) atoms. The minimum absolute atomic E-state index is 0.308. The zero-order valence-electron chi connectivity index (χ0n) is 8.92. The highest BCUT2D eigenvalue weighted by molar-refractivity contribution is 4.81. The molecule has 0 unspecified atom stereocenters. The van der Waals surface area contributed by atoms with E-state index in [-0.39, 0.29) is 0 Å². The van der Waals surface area contributed by atoms with Gasteiger partial charge in [0.15, 0.2) is 0 Å². The maximum Gasteiger partial charge on any atom is 0.0471 e. The van der Waals surface area contributed by atoms with Crippen LogP contribution in [0.2, 0.25) is 0 Å². The lowest BCUT2D eigenvalue weighted by molar-refractivity contribution is 0.154. The van der Waals surface area contributed by atoms with Gasteiger partial charge in [0.1, 0.15) is 0 Å². The Labute approximate surface area is 81.7 Å². The van der Waals surface area contributed by atoms with Crippen molar-refractivity contribution in [3.8, 4) is 0 Å². The van der Waals surface area contributed by atoms with Crippen LogP contribution < -0.4 is 5.32 Å². The molecule has 0 aliphatic heterocycles. The monoisotopic (exact) mass is 185 g/mol. The molecule has 1 aliphatic rings. The first-order valence-electron chi connectivity index (χ1n) is 5.57. The van der Waals surface area contributed by atoms with Crippen molar-refractivity contribution in [2.75, 3.05) is 13.7 Å². The van der Waals surface area contributed by atoms with Crippen molar-refractivity contribution in [2.45, 2.75) is 45.1 Å². The van der Waals surface area contributed by atoms with E-state index in [2.05, 4.69) is 12.2 Å². The minimum Gasteiger partial charge on any atom is -0.396 e. The summed E-state index contributed by atoms with van der Waals surface area (Å²) in [6.07, 6.45) is 6.84. The van der Waals surface area contributed by atoms with Gasteiger partial charge in [-0.05, 0) is 31.7 Å². The second kappa shape index (κ2) is 5.61.